The number of fused-ring (bicyclic) bond motifs is 1. The van der Waals surface area contributed by atoms with Gasteiger partial charge in [-0.1, -0.05) is 37.3 Å². The van der Waals surface area contributed by atoms with Crippen LogP contribution in [0.15, 0.2) is 65.6 Å². The number of aromatic nitrogens is 2. The Balaban J connectivity index is 1.66. The molecule has 33 heavy (non-hydrogen) atoms. The number of nitrogens with one attached hydrogen (secondary N) is 1. The van der Waals surface area contributed by atoms with E-state index in [-0.39, 0.29) is 21.8 Å². The number of ether oxygens (including phenoxy) is 1. The molecule has 0 amide bonds. The molecule has 0 saturated heterocycles. The highest BCUT2D eigenvalue weighted by atomic mass is 32.2. The molecule has 0 unspecified atom stereocenters. The molecule has 0 aliphatic rings. The smallest absolute Gasteiger partial charge is 0.405 e. The van der Waals surface area contributed by atoms with E-state index in [4.69, 9.17) is 0 Å². The average Bonchev–Trinajstić information content (AvgIpc) is 3.14. The van der Waals surface area contributed by atoms with Crippen LogP contribution < -0.4 is 4.74 Å². The highest BCUT2D eigenvalue weighted by molar-refractivity contribution is 7.91. The summed E-state index contributed by atoms with van der Waals surface area (Å²) in [6.45, 7) is 1.57. The molecule has 0 fully saturated rings. The second-order valence-corrected chi connectivity index (χ2v) is 9.58. The number of sulfone groups is 1. The first-order valence-corrected chi connectivity index (χ1v) is 11.6. The van der Waals surface area contributed by atoms with Gasteiger partial charge in [-0.2, -0.15) is 0 Å². The Hall–Kier alpha value is -3.40. The Bertz CT molecular complexity index is 1410. The largest absolute Gasteiger partial charge is 0.573 e. The summed E-state index contributed by atoms with van der Waals surface area (Å²) in [6, 6.07) is 14.2. The Morgan fingerprint density at radius 1 is 1.00 bits per heavy atom. The molecular weight excluding hydrogens is 460 g/mol. The minimum Gasteiger partial charge on any atom is -0.405 e. The minimum atomic E-state index is -4.91. The van der Waals surface area contributed by atoms with E-state index in [1.165, 1.54) is 42.5 Å². The van der Waals surface area contributed by atoms with Crippen LogP contribution in [0.1, 0.15) is 18.3 Å². The van der Waals surface area contributed by atoms with Gasteiger partial charge in [0.25, 0.3) is 0 Å². The number of imidazole rings is 1. The summed E-state index contributed by atoms with van der Waals surface area (Å²) in [5.41, 5.74) is 1.41. The second kappa shape index (κ2) is 8.51. The van der Waals surface area contributed by atoms with Crippen molar-refractivity contribution in [2.75, 3.05) is 5.75 Å². The van der Waals surface area contributed by atoms with E-state index in [1.54, 1.807) is 19.1 Å². The van der Waals surface area contributed by atoms with Gasteiger partial charge in [0.05, 0.1) is 21.7 Å². The van der Waals surface area contributed by atoms with Crippen molar-refractivity contribution in [2.45, 2.75) is 24.6 Å². The van der Waals surface area contributed by atoms with Gasteiger partial charge in [-0.15, -0.1) is 13.2 Å². The number of para-hydroxylation sites is 1. The van der Waals surface area contributed by atoms with Crippen molar-refractivity contribution < 1.29 is 30.7 Å². The minimum absolute atomic E-state index is 0.000949. The van der Waals surface area contributed by atoms with Gasteiger partial charge in [-0.3, -0.25) is 0 Å². The number of hydrogen-bond acceptors (Lipinski definition) is 4. The molecule has 0 aliphatic heterocycles. The van der Waals surface area contributed by atoms with Crippen molar-refractivity contribution in [1.82, 2.24) is 9.97 Å². The summed E-state index contributed by atoms with van der Waals surface area (Å²) in [5.74, 6) is -0.750. The molecule has 0 atom stereocenters. The Morgan fingerprint density at radius 3 is 2.36 bits per heavy atom. The van der Waals surface area contributed by atoms with Gasteiger partial charge < -0.3 is 9.72 Å². The maximum absolute atomic E-state index is 14.8. The molecule has 1 aromatic heterocycles. The molecule has 4 rings (SSSR count). The normalized spacial score (nSPS) is 12.3. The highest BCUT2D eigenvalue weighted by Crippen LogP contribution is 2.36. The van der Waals surface area contributed by atoms with Crippen LogP contribution in [-0.2, 0) is 16.3 Å². The zero-order chi connectivity index (χ0) is 23.8. The molecule has 1 heterocycles. The third kappa shape index (κ3) is 5.00. The van der Waals surface area contributed by atoms with Crippen molar-refractivity contribution in [3.63, 3.8) is 0 Å². The molecule has 172 valence electrons. The van der Waals surface area contributed by atoms with Crippen LogP contribution in [0.3, 0.4) is 0 Å². The van der Waals surface area contributed by atoms with Gasteiger partial charge in [0.2, 0.25) is 0 Å². The third-order valence-corrected chi connectivity index (χ3v) is 6.81. The highest BCUT2D eigenvalue weighted by Gasteiger charge is 2.32. The van der Waals surface area contributed by atoms with Gasteiger partial charge in [0.15, 0.2) is 9.84 Å². The number of nitrogens with zero attached hydrogens (tertiary/aromatic N) is 1. The number of H-pyrrole nitrogens is 1. The number of alkyl halides is 3. The molecule has 0 saturated carbocycles. The van der Waals surface area contributed by atoms with Crippen molar-refractivity contribution in [2.24, 2.45) is 0 Å². The van der Waals surface area contributed by atoms with E-state index in [0.717, 1.165) is 11.6 Å². The van der Waals surface area contributed by atoms with Crippen molar-refractivity contribution in [3.05, 3.63) is 77.9 Å². The van der Waals surface area contributed by atoms with E-state index in [1.807, 2.05) is 0 Å². The molecule has 0 aliphatic carbocycles. The zero-order valence-corrected chi connectivity index (χ0v) is 18.1. The van der Waals surface area contributed by atoms with E-state index in [2.05, 4.69) is 14.7 Å². The van der Waals surface area contributed by atoms with Crippen molar-refractivity contribution >= 4 is 20.9 Å². The van der Waals surface area contributed by atoms with E-state index >= 15 is 0 Å². The van der Waals surface area contributed by atoms with Gasteiger partial charge >= 0.3 is 6.36 Å². The Morgan fingerprint density at radius 2 is 1.70 bits per heavy atom. The van der Waals surface area contributed by atoms with E-state index in [0.29, 0.717) is 23.3 Å². The molecule has 1 N–H and O–H groups in total. The Kier molecular flexibility index (Phi) is 5.87. The number of aromatic amines is 1. The summed E-state index contributed by atoms with van der Waals surface area (Å²) in [6.07, 6.45) is -4.59. The summed E-state index contributed by atoms with van der Waals surface area (Å²) >= 11 is 0. The summed E-state index contributed by atoms with van der Waals surface area (Å²) in [5, 5.41) is 0. The first-order chi connectivity index (χ1) is 15.6. The fourth-order valence-corrected chi connectivity index (χ4v) is 4.33. The fourth-order valence-electron chi connectivity index (χ4n) is 3.45. The summed E-state index contributed by atoms with van der Waals surface area (Å²) in [7, 11) is -3.31. The maximum Gasteiger partial charge on any atom is 0.573 e. The SMILES string of the molecule is CCS(=O)(=O)c1ccc(Cc2nc3cc(-c4ccccc4OC(F)(F)F)c(F)cc3[nH]2)cc1. The van der Waals surface area contributed by atoms with Crippen LogP contribution >= 0.6 is 0 Å². The van der Waals surface area contributed by atoms with E-state index < -0.39 is 27.8 Å². The van der Waals surface area contributed by atoms with Gasteiger partial charge in [0.1, 0.15) is 17.4 Å². The number of halogens is 4. The van der Waals surface area contributed by atoms with Gasteiger partial charge in [0, 0.05) is 23.6 Å². The van der Waals surface area contributed by atoms with Crippen molar-refractivity contribution in [3.8, 4) is 16.9 Å². The predicted octanol–water partition coefficient (Wildman–Crippen LogP) is 5.65. The molecule has 3 aromatic carbocycles. The van der Waals surface area contributed by atoms with Crippen LogP contribution in [0.5, 0.6) is 5.75 Å². The number of rotatable bonds is 6. The molecule has 5 nitrogen and oxygen atoms in total. The quantitative estimate of drug-likeness (QED) is 0.364. The average molecular weight is 478 g/mol. The fraction of sp³-hybridized carbons (Fsp3) is 0.174. The first kappa shape index (κ1) is 22.8. The summed E-state index contributed by atoms with van der Waals surface area (Å²) in [4.78, 5) is 7.64. The second-order valence-electron chi connectivity index (χ2n) is 7.30. The van der Waals surface area contributed by atoms with Crippen LogP contribution in [0.2, 0.25) is 0 Å². The lowest BCUT2D eigenvalue weighted by Gasteiger charge is -2.13. The van der Waals surface area contributed by atoms with Gasteiger partial charge in [-0.05, 0) is 29.8 Å². The van der Waals surface area contributed by atoms with Gasteiger partial charge in [-0.25, -0.2) is 17.8 Å². The lowest BCUT2D eigenvalue weighted by molar-refractivity contribution is -0.274. The standard InChI is InChI=1S/C23H18F4N2O3S/c1-2-33(30,31)15-9-7-14(8-10-15)11-22-28-19-12-17(18(24)13-20(19)29-22)16-5-3-4-6-21(16)32-23(25,26)27/h3-10,12-13H,2,11H2,1H3,(H,28,29). The lowest BCUT2D eigenvalue weighted by Crippen LogP contribution is -2.17. The Labute approximate surface area is 187 Å². The lowest BCUT2D eigenvalue weighted by atomic mass is 10.0. The monoisotopic (exact) mass is 478 g/mol. The number of hydrogen-bond donors (Lipinski definition) is 1. The number of benzene rings is 3. The topological polar surface area (TPSA) is 72.1 Å². The van der Waals surface area contributed by atoms with Crippen LogP contribution in [0.25, 0.3) is 22.2 Å². The van der Waals surface area contributed by atoms with Crippen LogP contribution in [0.4, 0.5) is 17.6 Å². The molecule has 0 bridgehead atoms. The molecule has 4 aromatic rings. The van der Waals surface area contributed by atoms with Crippen molar-refractivity contribution in [1.29, 1.82) is 0 Å². The molecule has 0 spiro atoms. The zero-order valence-electron chi connectivity index (χ0n) is 17.3. The molecule has 0 radical (unpaired) electrons. The van der Waals surface area contributed by atoms with Crippen LogP contribution in [-0.4, -0.2) is 30.5 Å². The molecule has 10 heteroatoms. The third-order valence-electron chi connectivity index (χ3n) is 5.06. The summed E-state index contributed by atoms with van der Waals surface area (Å²) < 4.78 is 81.0. The first-order valence-electron chi connectivity index (χ1n) is 9.91. The predicted molar refractivity (Wildman–Crippen MR) is 115 cm³/mol. The molecular formula is C23H18F4N2O3S. The van der Waals surface area contributed by atoms with E-state index in [9.17, 15) is 26.0 Å². The maximum atomic E-state index is 14.8. The van der Waals surface area contributed by atoms with Crippen LogP contribution in [0, 0.1) is 5.82 Å².